The normalized spacial score (nSPS) is 10.2. The van der Waals surface area contributed by atoms with E-state index in [2.05, 4.69) is 20.3 Å². The number of pyridine rings is 1. The van der Waals surface area contributed by atoms with Crippen LogP contribution in [0.25, 0.3) is 10.9 Å². The summed E-state index contributed by atoms with van der Waals surface area (Å²) in [7, 11) is 1.78. The van der Waals surface area contributed by atoms with Crippen LogP contribution in [0.4, 0.5) is 11.6 Å². The van der Waals surface area contributed by atoms with Gasteiger partial charge >= 0.3 is 0 Å². The number of anilines is 1. The van der Waals surface area contributed by atoms with Crippen LogP contribution >= 0.6 is 0 Å². The SMILES string of the molecule is CNc1cc2c([NH])ncnc2cn1. The quantitative estimate of drug-likeness (QED) is 0.699. The Morgan fingerprint density at radius 3 is 2.92 bits per heavy atom. The lowest BCUT2D eigenvalue weighted by molar-refractivity contribution is 1.17. The highest BCUT2D eigenvalue weighted by Crippen LogP contribution is 2.18. The molecule has 0 bridgehead atoms. The average Bonchev–Trinajstić information content (AvgIpc) is 2.18. The monoisotopic (exact) mass is 174 g/mol. The molecule has 0 aromatic carbocycles. The highest BCUT2D eigenvalue weighted by molar-refractivity contribution is 5.87. The first kappa shape index (κ1) is 7.72. The summed E-state index contributed by atoms with van der Waals surface area (Å²) < 4.78 is 0. The largest absolute Gasteiger partial charge is 0.373 e. The maximum atomic E-state index is 7.53. The van der Waals surface area contributed by atoms with Crippen LogP contribution < -0.4 is 11.1 Å². The first-order valence-corrected chi connectivity index (χ1v) is 3.81. The predicted molar refractivity (Wildman–Crippen MR) is 49.6 cm³/mol. The van der Waals surface area contributed by atoms with E-state index in [9.17, 15) is 0 Å². The molecule has 13 heavy (non-hydrogen) atoms. The third-order valence-electron chi connectivity index (χ3n) is 1.78. The van der Waals surface area contributed by atoms with Crippen LogP contribution in [0.5, 0.6) is 0 Å². The summed E-state index contributed by atoms with van der Waals surface area (Å²) in [6, 6.07) is 1.76. The van der Waals surface area contributed by atoms with Crippen LogP contribution in [-0.2, 0) is 0 Å². The Balaban J connectivity index is 2.74. The van der Waals surface area contributed by atoms with Gasteiger partial charge in [0.15, 0.2) is 5.82 Å². The molecule has 0 spiro atoms. The molecule has 65 valence electrons. The van der Waals surface area contributed by atoms with Gasteiger partial charge in [-0.15, -0.1) is 0 Å². The lowest BCUT2D eigenvalue weighted by atomic mass is 10.3. The van der Waals surface area contributed by atoms with E-state index >= 15 is 0 Å². The molecule has 2 heterocycles. The minimum Gasteiger partial charge on any atom is -0.373 e. The van der Waals surface area contributed by atoms with Crippen molar-refractivity contribution in [1.82, 2.24) is 20.7 Å². The standard InChI is InChI=1S/C8H8N5/c1-10-7-2-5-6(3-11-7)12-4-13-8(5)9/h2-4,9H,1H3,(H,10,11). The summed E-state index contributed by atoms with van der Waals surface area (Å²) in [5.41, 5.74) is 8.22. The van der Waals surface area contributed by atoms with E-state index in [0.717, 1.165) is 5.82 Å². The van der Waals surface area contributed by atoms with Gasteiger partial charge in [-0.05, 0) is 6.07 Å². The Hall–Kier alpha value is -1.91. The van der Waals surface area contributed by atoms with E-state index in [0.29, 0.717) is 10.9 Å². The molecule has 0 unspecified atom stereocenters. The van der Waals surface area contributed by atoms with Crippen molar-refractivity contribution in [3.63, 3.8) is 0 Å². The fourth-order valence-electron chi connectivity index (χ4n) is 1.10. The maximum Gasteiger partial charge on any atom is 0.155 e. The zero-order chi connectivity index (χ0) is 9.26. The Morgan fingerprint density at radius 1 is 1.31 bits per heavy atom. The minimum atomic E-state index is 0.226. The van der Waals surface area contributed by atoms with Gasteiger partial charge in [-0.3, -0.25) is 5.73 Å². The van der Waals surface area contributed by atoms with Gasteiger partial charge in [0, 0.05) is 12.4 Å². The Labute approximate surface area is 75.0 Å². The molecule has 2 aromatic heterocycles. The molecule has 0 fully saturated rings. The van der Waals surface area contributed by atoms with Gasteiger partial charge in [-0.1, -0.05) is 0 Å². The van der Waals surface area contributed by atoms with Gasteiger partial charge in [0.05, 0.1) is 11.7 Å². The van der Waals surface area contributed by atoms with Crippen LogP contribution in [-0.4, -0.2) is 22.0 Å². The molecule has 0 aliphatic heterocycles. The van der Waals surface area contributed by atoms with E-state index in [-0.39, 0.29) is 5.82 Å². The van der Waals surface area contributed by atoms with Crippen molar-refractivity contribution in [1.29, 1.82) is 0 Å². The summed E-state index contributed by atoms with van der Waals surface area (Å²) >= 11 is 0. The van der Waals surface area contributed by atoms with Gasteiger partial charge in [-0.25, -0.2) is 15.0 Å². The van der Waals surface area contributed by atoms with Crippen molar-refractivity contribution in [3.8, 4) is 0 Å². The zero-order valence-corrected chi connectivity index (χ0v) is 7.07. The van der Waals surface area contributed by atoms with Crippen LogP contribution in [0.3, 0.4) is 0 Å². The summed E-state index contributed by atoms with van der Waals surface area (Å²) in [5, 5.41) is 3.61. The molecule has 0 aliphatic rings. The number of hydrogen-bond acceptors (Lipinski definition) is 4. The number of aromatic nitrogens is 3. The van der Waals surface area contributed by atoms with Gasteiger partial charge < -0.3 is 5.32 Å². The minimum absolute atomic E-state index is 0.226. The Bertz CT molecular complexity index is 439. The Kier molecular flexibility index (Phi) is 1.70. The van der Waals surface area contributed by atoms with Crippen molar-refractivity contribution in [2.45, 2.75) is 0 Å². The molecule has 2 rings (SSSR count). The second-order valence-corrected chi connectivity index (χ2v) is 2.56. The molecule has 1 radical (unpaired) electrons. The number of nitrogens with one attached hydrogen (secondary N) is 2. The smallest absolute Gasteiger partial charge is 0.155 e. The number of rotatable bonds is 1. The summed E-state index contributed by atoms with van der Waals surface area (Å²) in [4.78, 5) is 11.9. The van der Waals surface area contributed by atoms with Crippen LogP contribution in [0.2, 0.25) is 0 Å². The van der Waals surface area contributed by atoms with Gasteiger partial charge in [0.2, 0.25) is 0 Å². The molecule has 0 amide bonds. The second kappa shape index (κ2) is 2.85. The topological polar surface area (TPSA) is 74.5 Å². The average molecular weight is 174 g/mol. The molecule has 5 nitrogen and oxygen atoms in total. The maximum absolute atomic E-state index is 7.53. The van der Waals surface area contributed by atoms with Crippen LogP contribution in [0, 0.1) is 0 Å². The summed E-state index contributed by atoms with van der Waals surface area (Å²) in [6.07, 6.45) is 2.99. The molecule has 0 saturated carbocycles. The summed E-state index contributed by atoms with van der Waals surface area (Å²) in [6.45, 7) is 0. The van der Waals surface area contributed by atoms with Gasteiger partial charge in [0.25, 0.3) is 0 Å². The van der Waals surface area contributed by atoms with Gasteiger partial charge in [0.1, 0.15) is 12.1 Å². The molecule has 2 N–H and O–H groups in total. The highest BCUT2D eigenvalue weighted by Gasteiger charge is 2.01. The third-order valence-corrected chi connectivity index (χ3v) is 1.78. The number of nitrogens with zero attached hydrogens (tertiary/aromatic N) is 3. The van der Waals surface area contributed by atoms with Crippen molar-refractivity contribution in [2.75, 3.05) is 12.4 Å². The first-order chi connectivity index (χ1) is 6.31. The first-order valence-electron chi connectivity index (χ1n) is 3.81. The van der Waals surface area contributed by atoms with E-state index in [1.54, 1.807) is 19.3 Å². The fourth-order valence-corrected chi connectivity index (χ4v) is 1.10. The molecule has 0 saturated heterocycles. The van der Waals surface area contributed by atoms with Crippen LogP contribution in [0.1, 0.15) is 0 Å². The molecule has 2 aromatic rings. The van der Waals surface area contributed by atoms with Gasteiger partial charge in [-0.2, -0.15) is 0 Å². The number of hydrogen-bond donors (Lipinski definition) is 1. The second-order valence-electron chi connectivity index (χ2n) is 2.56. The molecule has 0 atom stereocenters. The predicted octanol–water partition coefficient (Wildman–Crippen LogP) is 0.981. The van der Waals surface area contributed by atoms with E-state index < -0.39 is 0 Å². The molecular formula is C8H8N5. The van der Waals surface area contributed by atoms with Crippen molar-refractivity contribution in [2.24, 2.45) is 0 Å². The van der Waals surface area contributed by atoms with E-state index in [4.69, 9.17) is 5.73 Å². The zero-order valence-electron chi connectivity index (χ0n) is 7.07. The Morgan fingerprint density at radius 2 is 2.15 bits per heavy atom. The third kappa shape index (κ3) is 1.24. The van der Waals surface area contributed by atoms with Crippen LogP contribution in [0.15, 0.2) is 18.6 Å². The van der Waals surface area contributed by atoms with E-state index in [1.165, 1.54) is 6.33 Å². The lowest BCUT2D eigenvalue weighted by Gasteiger charge is -2.01. The molecular weight excluding hydrogens is 166 g/mol. The van der Waals surface area contributed by atoms with Crippen molar-refractivity contribution >= 4 is 22.5 Å². The lowest BCUT2D eigenvalue weighted by Crippen LogP contribution is -1.93. The number of fused-ring (bicyclic) bond motifs is 1. The summed E-state index contributed by atoms with van der Waals surface area (Å²) in [5.74, 6) is 0.944. The van der Waals surface area contributed by atoms with Crippen molar-refractivity contribution < 1.29 is 0 Å². The molecule has 0 aliphatic carbocycles. The fraction of sp³-hybridized carbons (Fsp3) is 0.125. The molecule has 5 heteroatoms. The highest BCUT2D eigenvalue weighted by atomic mass is 15.0. The van der Waals surface area contributed by atoms with E-state index in [1.807, 2.05) is 0 Å². The van der Waals surface area contributed by atoms with Crippen molar-refractivity contribution in [3.05, 3.63) is 18.6 Å².